The highest BCUT2D eigenvalue weighted by atomic mass is 32.1. The molecule has 0 spiro atoms. The summed E-state index contributed by atoms with van der Waals surface area (Å²) in [5, 5.41) is 0.455. The molecule has 5 nitrogen and oxygen atoms in total. The maximum absolute atomic E-state index is 12.4. The third-order valence-corrected chi connectivity index (χ3v) is 4.21. The molecule has 1 aromatic heterocycles. The SMILES string of the molecule is CCCOC1CCCN(C(=O)c2sc(N)nc2C)C1. The summed E-state index contributed by atoms with van der Waals surface area (Å²) >= 11 is 1.27. The molecule has 1 saturated heterocycles. The predicted octanol–water partition coefficient (Wildman–Crippen LogP) is 2.06. The van der Waals surface area contributed by atoms with E-state index in [1.165, 1.54) is 11.3 Å². The minimum Gasteiger partial charge on any atom is -0.376 e. The van der Waals surface area contributed by atoms with Crippen LogP contribution in [0.15, 0.2) is 0 Å². The van der Waals surface area contributed by atoms with Crippen LogP contribution in [0, 0.1) is 6.92 Å². The Balaban J connectivity index is 2.01. The fraction of sp³-hybridized carbons (Fsp3) is 0.692. The van der Waals surface area contributed by atoms with Crippen molar-refractivity contribution in [2.24, 2.45) is 0 Å². The van der Waals surface area contributed by atoms with Crippen LogP contribution in [0.3, 0.4) is 0 Å². The number of hydrogen-bond acceptors (Lipinski definition) is 5. The second-order valence-corrected chi connectivity index (χ2v) is 5.88. The van der Waals surface area contributed by atoms with Crippen LogP contribution in [-0.4, -0.2) is 41.6 Å². The fourth-order valence-corrected chi connectivity index (χ4v) is 3.10. The third kappa shape index (κ3) is 3.45. The van der Waals surface area contributed by atoms with E-state index in [1.807, 2.05) is 11.8 Å². The van der Waals surface area contributed by atoms with Crippen LogP contribution < -0.4 is 5.73 Å². The summed E-state index contributed by atoms with van der Waals surface area (Å²) in [4.78, 5) is 19.1. The van der Waals surface area contributed by atoms with Crippen LogP contribution in [-0.2, 0) is 4.74 Å². The van der Waals surface area contributed by atoms with Crippen LogP contribution in [0.25, 0.3) is 0 Å². The molecule has 1 atom stereocenters. The number of nitrogen functional groups attached to an aromatic ring is 1. The number of nitrogens with two attached hydrogens (primary N) is 1. The van der Waals surface area contributed by atoms with Crippen molar-refractivity contribution >= 4 is 22.4 Å². The molecule has 1 aliphatic heterocycles. The van der Waals surface area contributed by atoms with Crippen LogP contribution >= 0.6 is 11.3 Å². The molecule has 106 valence electrons. The lowest BCUT2D eigenvalue weighted by Crippen LogP contribution is -2.43. The average molecular weight is 283 g/mol. The zero-order chi connectivity index (χ0) is 13.8. The molecule has 0 saturated carbocycles. The quantitative estimate of drug-likeness (QED) is 0.918. The Morgan fingerprint density at radius 1 is 1.63 bits per heavy atom. The molecular weight excluding hydrogens is 262 g/mol. The maximum Gasteiger partial charge on any atom is 0.266 e. The minimum atomic E-state index is 0.0384. The number of thiazole rings is 1. The number of hydrogen-bond donors (Lipinski definition) is 1. The Kier molecular flexibility index (Phi) is 4.76. The van der Waals surface area contributed by atoms with Crippen LogP contribution in [0.1, 0.15) is 41.6 Å². The number of aryl methyl sites for hydroxylation is 1. The third-order valence-electron chi connectivity index (χ3n) is 3.23. The van der Waals surface area contributed by atoms with Gasteiger partial charge in [0, 0.05) is 19.7 Å². The van der Waals surface area contributed by atoms with Crippen molar-refractivity contribution in [3.05, 3.63) is 10.6 Å². The minimum absolute atomic E-state index is 0.0384. The van der Waals surface area contributed by atoms with E-state index in [-0.39, 0.29) is 12.0 Å². The van der Waals surface area contributed by atoms with Crippen molar-refractivity contribution in [2.45, 2.75) is 39.2 Å². The number of carbonyl (C=O) groups excluding carboxylic acids is 1. The first-order chi connectivity index (χ1) is 9.11. The molecule has 2 heterocycles. The highest BCUT2D eigenvalue weighted by Gasteiger charge is 2.27. The number of rotatable bonds is 4. The number of likely N-dealkylation sites (tertiary alicyclic amines) is 1. The number of nitrogens with zero attached hydrogens (tertiary/aromatic N) is 2. The van der Waals surface area contributed by atoms with Gasteiger partial charge in [-0.3, -0.25) is 4.79 Å². The Bertz CT molecular complexity index is 447. The topological polar surface area (TPSA) is 68.5 Å². The summed E-state index contributed by atoms with van der Waals surface area (Å²) in [6.45, 7) is 6.15. The second-order valence-electron chi connectivity index (χ2n) is 4.85. The van der Waals surface area contributed by atoms with Crippen LogP contribution in [0.4, 0.5) is 5.13 Å². The van der Waals surface area contributed by atoms with Gasteiger partial charge in [0.15, 0.2) is 5.13 Å². The van der Waals surface area contributed by atoms with Crippen molar-refractivity contribution in [1.29, 1.82) is 0 Å². The Morgan fingerprint density at radius 2 is 2.42 bits per heavy atom. The van der Waals surface area contributed by atoms with E-state index in [0.29, 0.717) is 16.6 Å². The molecule has 2 N–H and O–H groups in total. The largest absolute Gasteiger partial charge is 0.376 e. The Morgan fingerprint density at radius 3 is 3.05 bits per heavy atom. The molecule has 1 fully saturated rings. The van der Waals surface area contributed by atoms with Crippen molar-refractivity contribution in [3.8, 4) is 0 Å². The predicted molar refractivity (Wildman–Crippen MR) is 76.4 cm³/mol. The first kappa shape index (κ1) is 14.3. The van der Waals surface area contributed by atoms with Gasteiger partial charge in [0.2, 0.25) is 0 Å². The summed E-state index contributed by atoms with van der Waals surface area (Å²) in [5.74, 6) is 0.0384. The molecule has 0 aliphatic carbocycles. The fourth-order valence-electron chi connectivity index (χ4n) is 2.30. The van der Waals surface area contributed by atoms with E-state index in [4.69, 9.17) is 10.5 Å². The standard InChI is InChI=1S/C13H21N3O2S/c1-3-7-18-10-5-4-6-16(8-10)12(17)11-9(2)15-13(14)19-11/h10H,3-8H2,1-2H3,(H2,14,15). The van der Waals surface area contributed by atoms with Gasteiger partial charge in [-0.25, -0.2) is 4.98 Å². The van der Waals surface area contributed by atoms with E-state index in [9.17, 15) is 4.79 Å². The van der Waals surface area contributed by atoms with Gasteiger partial charge in [0.25, 0.3) is 5.91 Å². The van der Waals surface area contributed by atoms with Gasteiger partial charge < -0.3 is 15.4 Å². The number of amides is 1. The van der Waals surface area contributed by atoms with E-state index < -0.39 is 0 Å². The first-order valence-corrected chi connectivity index (χ1v) is 7.57. The van der Waals surface area contributed by atoms with Gasteiger partial charge in [0.1, 0.15) is 4.88 Å². The molecule has 2 rings (SSSR count). The first-order valence-electron chi connectivity index (χ1n) is 6.75. The number of ether oxygens (including phenoxy) is 1. The zero-order valence-corrected chi connectivity index (χ0v) is 12.3. The molecule has 0 radical (unpaired) electrons. The normalized spacial score (nSPS) is 19.7. The summed E-state index contributed by atoms with van der Waals surface area (Å²) in [6, 6.07) is 0. The average Bonchev–Trinajstić information content (AvgIpc) is 2.75. The van der Waals surface area contributed by atoms with Gasteiger partial charge in [0.05, 0.1) is 11.8 Å². The summed E-state index contributed by atoms with van der Waals surface area (Å²) in [5.41, 5.74) is 6.38. The summed E-state index contributed by atoms with van der Waals surface area (Å²) < 4.78 is 5.75. The lowest BCUT2D eigenvalue weighted by molar-refractivity contribution is 0.00224. The molecule has 0 bridgehead atoms. The molecule has 6 heteroatoms. The number of piperidine rings is 1. The van der Waals surface area contributed by atoms with Crippen molar-refractivity contribution < 1.29 is 9.53 Å². The second kappa shape index (κ2) is 6.34. The highest BCUT2D eigenvalue weighted by Crippen LogP contribution is 2.23. The zero-order valence-electron chi connectivity index (χ0n) is 11.5. The lowest BCUT2D eigenvalue weighted by Gasteiger charge is -2.32. The number of carbonyl (C=O) groups is 1. The molecule has 1 aliphatic rings. The van der Waals surface area contributed by atoms with E-state index in [1.54, 1.807) is 0 Å². The van der Waals surface area contributed by atoms with E-state index >= 15 is 0 Å². The molecule has 19 heavy (non-hydrogen) atoms. The summed E-state index contributed by atoms with van der Waals surface area (Å²) in [7, 11) is 0. The van der Waals surface area contributed by atoms with E-state index in [0.717, 1.165) is 38.1 Å². The number of aromatic nitrogens is 1. The maximum atomic E-state index is 12.4. The Labute approximate surface area is 117 Å². The highest BCUT2D eigenvalue weighted by molar-refractivity contribution is 7.17. The van der Waals surface area contributed by atoms with Gasteiger partial charge in [-0.2, -0.15) is 0 Å². The lowest BCUT2D eigenvalue weighted by atomic mass is 10.1. The molecular formula is C13H21N3O2S. The molecule has 0 aromatic carbocycles. The summed E-state index contributed by atoms with van der Waals surface area (Å²) in [6.07, 6.45) is 3.21. The van der Waals surface area contributed by atoms with Crippen LogP contribution in [0.2, 0.25) is 0 Å². The molecule has 1 aromatic rings. The Hall–Kier alpha value is -1.14. The van der Waals surface area contributed by atoms with E-state index in [2.05, 4.69) is 11.9 Å². The molecule has 1 unspecified atom stereocenters. The van der Waals surface area contributed by atoms with Gasteiger partial charge in [-0.05, 0) is 26.2 Å². The monoisotopic (exact) mass is 283 g/mol. The van der Waals surface area contributed by atoms with Crippen molar-refractivity contribution in [3.63, 3.8) is 0 Å². The van der Waals surface area contributed by atoms with Gasteiger partial charge in [-0.15, -0.1) is 0 Å². The smallest absolute Gasteiger partial charge is 0.266 e. The van der Waals surface area contributed by atoms with Crippen molar-refractivity contribution in [1.82, 2.24) is 9.88 Å². The van der Waals surface area contributed by atoms with Crippen molar-refractivity contribution in [2.75, 3.05) is 25.4 Å². The van der Waals surface area contributed by atoms with Crippen LogP contribution in [0.5, 0.6) is 0 Å². The van der Waals surface area contributed by atoms with Gasteiger partial charge in [-0.1, -0.05) is 18.3 Å². The van der Waals surface area contributed by atoms with Gasteiger partial charge >= 0.3 is 0 Å². The molecule has 1 amide bonds. The number of anilines is 1.